The minimum Gasteiger partial charge on any atom is -0.339 e. The minimum atomic E-state index is -1.75. The Kier molecular flexibility index (Phi) is 12.8. The van der Waals surface area contributed by atoms with E-state index in [9.17, 15) is 4.79 Å². The highest BCUT2D eigenvalue weighted by Gasteiger charge is 2.34. The van der Waals surface area contributed by atoms with Crippen molar-refractivity contribution < 1.29 is 4.79 Å². The Bertz CT molecular complexity index is 611. The van der Waals surface area contributed by atoms with Crippen LogP contribution in [0.25, 0.3) is 0 Å². The molecule has 0 spiro atoms. The molecule has 0 fully saturated rings. The fourth-order valence-corrected chi connectivity index (χ4v) is 3.33. The van der Waals surface area contributed by atoms with E-state index in [0.29, 0.717) is 6.42 Å². The number of carbonyl (C=O) groups excluding carboxylic acids is 1. The number of anilines is 1. The highest BCUT2D eigenvalue weighted by Crippen LogP contribution is 2.29. The summed E-state index contributed by atoms with van der Waals surface area (Å²) in [6, 6.07) is 7.45. The number of thiocarbonyl (C=S) groups is 1. The lowest BCUT2D eigenvalue weighted by atomic mass is 10.1. The molecule has 0 aromatic heterocycles. The number of alkyl halides is 3. The average molecular weight is 532 g/mol. The van der Waals surface area contributed by atoms with Crippen molar-refractivity contribution in [3.8, 4) is 0 Å². The van der Waals surface area contributed by atoms with Crippen molar-refractivity contribution in [1.29, 1.82) is 0 Å². The third-order valence-electron chi connectivity index (χ3n) is 4.02. The summed E-state index contributed by atoms with van der Waals surface area (Å²) in [7, 11) is 0. The Morgan fingerprint density at radius 2 is 1.61 bits per heavy atom. The van der Waals surface area contributed by atoms with Crippen molar-refractivity contribution in [3.63, 3.8) is 0 Å². The second-order valence-corrected chi connectivity index (χ2v) is 10.2. The largest absolute Gasteiger partial charge is 0.339 e. The predicted molar refractivity (Wildman–Crippen MR) is 128 cm³/mol. The Labute approximate surface area is 196 Å². The molecular formula is C19H27BrCl3N3OS. The summed E-state index contributed by atoms with van der Waals surface area (Å²) < 4.78 is -0.796. The molecule has 158 valence electrons. The van der Waals surface area contributed by atoms with Gasteiger partial charge in [-0.15, -0.1) is 0 Å². The van der Waals surface area contributed by atoms with E-state index in [1.807, 2.05) is 24.3 Å². The summed E-state index contributed by atoms with van der Waals surface area (Å²) in [5.74, 6) is -0.177. The molecule has 28 heavy (non-hydrogen) atoms. The molecule has 1 aromatic rings. The zero-order chi connectivity index (χ0) is 21.0. The maximum Gasteiger partial charge on any atom is 0.228 e. The number of halogens is 4. The number of rotatable bonds is 11. The molecule has 1 aromatic carbocycles. The topological polar surface area (TPSA) is 53.2 Å². The molecule has 0 unspecified atom stereocenters. The standard InChI is InChI=1S/C19H27BrCl3N3OS/c1-2-3-4-5-6-7-8-9-16(27)25-17(19(21,22)23)26-18(28)24-15-12-10-14(20)11-13-15/h10-13,17H,2-9H2,1H3,(H,25,27)(H2,24,26,28)/t17-/m0/s1. The Balaban J connectivity index is 2.42. The Morgan fingerprint density at radius 3 is 2.18 bits per heavy atom. The van der Waals surface area contributed by atoms with Crippen LogP contribution in [0.3, 0.4) is 0 Å². The summed E-state index contributed by atoms with van der Waals surface area (Å²) in [5.41, 5.74) is 0.776. The maximum atomic E-state index is 12.2. The lowest BCUT2D eigenvalue weighted by Gasteiger charge is -2.27. The number of amides is 1. The predicted octanol–water partition coefficient (Wildman–Crippen LogP) is 6.69. The van der Waals surface area contributed by atoms with Gasteiger partial charge < -0.3 is 16.0 Å². The van der Waals surface area contributed by atoms with Gasteiger partial charge in [0.2, 0.25) is 9.70 Å². The van der Waals surface area contributed by atoms with Gasteiger partial charge in [-0.3, -0.25) is 4.79 Å². The molecule has 0 aliphatic carbocycles. The van der Waals surface area contributed by atoms with Crippen LogP contribution in [0.1, 0.15) is 58.3 Å². The molecule has 0 heterocycles. The summed E-state index contributed by atoms with van der Waals surface area (Å²) in [6.45, 7) is 2.19. The first-order chi connectivity index (χ1) is 13.2. The average Bonchev–Trinajstić information content (AvgIpc) is 2.61. The summed E-state index contributed by atoms with van der Waals surface area (Å²) >= 11 is 26.6. The molecule has 0 saturated carbocycles. The molecular weight excluding hydrogens is 505 g/mol. The van der Waals surface area contributed by atoms with Gasteiger partial charge >= 0.3 is 0 Å². The van der Waals surface area contributed by atoms with Crippen molar-refractivity contribution in [2.45, 2.75) is 68.2 Å². The van der Waals surface area contributed by atoms with Gasteiger partial charge in [0.05, 0.1) is 0 Å². The number of hydrogen-bond donors (Lipinski definition) is 3. The van der Waals surface area contributed by atoms with Gasteiger partial charge in [0, 0.05) is 16.6 Å². The lowest BCUT2D eigenvalue weighted by Crippen LogP contribution is -2.56. The normalized spacial score (nSPS) is 12.3. The van der Waals surface area contributed by atoms with Crippen molar-refractivity contribution >= 4 is 79.7 Å². The fourth-order valence-electron chi connectivity index (χ4n) is 2.51. The van der Waals surface area contributed by atoms with Crippen LogP contribution in [0.5, 0.6) is 0 Å². The van der Waals surface area contributed by atoms with Crippen molar-refractivity contribution in [2.24, 2.45) is 0 Å². The summed E-state index contributed by atoms with van der Waals surface area (Å²) in [6.07, 6.45) is 7.38. The molecule has 0 aliphatic rings. The Hall–Kier alpha value is -0.270. The highest BCUT2D eigenvalue weighted by molar-refractivity contribution is 9.10. The molecule has 0 aliphatic heterocycles. The van der Waals surface area contributed by atoms with Gasteiger partial charge in [0.25, 0.3) is 0 Å². The number of nitrogens with one attached hydrogen (secondary N) is 3. The van der Waals surface area contributed by atoms with E-state index in [4.69, 9.17) is 47.0 Å². The van der Waals surface area contributed by atoms with E-state index in [0.717, 1.165) is 29.4 Å². The first-order valence-electron chi connectivity index (χ1n) is 9.41. The SMILES string of the molecule is CCCCCCCCCC(=O)N[C@@H](NC(=S)Nc1ccc(Br)cc1)C(Cl)(Cl)Cl. The molecule has 1 rings (SSSR count). The van der Waals surface area contributed by atoms with Gasteiger partial charge in [-0.05, 0) is 42.9 Å². The zero-order valence-corrected chi connectivity index (χ0v) is 20.5. The monoisotopic (exact) mass is 529 g/mol. The highest BCUT2D eigenvalue weighted by atomic mass is 79.9. The van der Waals surface area contributed by atoms with Crippen LogP contribution >= 0.6 is 63.0 Å². The molecule has 1 atom stereocenters. The number of benzene rings is 1. The second kappa shape index (κ2) is 13.9. The van der Waals surface area contributed by atoms with Crippen LogP contribution in [-0.4, -0.2) is 21.0 Å². The van der Waals surface area contributed by atoms with E-state index in [2.05, 4.69) is 38.8 Å². The van der Waals surface area contributed by atoms with E-state index >= 15 is 0 Å². The molecule has 3 N–H and O–H groups in total. The van der Waals surface area contributed by atoms with Crippen LogP contribution in [0, 0.1) is 0 Å². The van der Waals surface area contributed by atoms with Crippen LogP contribution < -0.4 is 16.0 Å². The van der Waals surface area contributed by atoms with Crippen LogP contribution in [0.15, 0.2) is 28.7 Å². The van der Waals surface area contributed by atoms with Gasteiger partial charge in [0.15, 0.2) is 5.11 Å². The van der Waals surface area contributed by atoms with Crippen LogP contribution in [-0.2, 0) is 4.79 Å². The minimum absolute atomic E-state index is 0.177. The van der Waals surface area contributed by atoms with Crippen molar-refractivity contribution in [1.82, 2.24) is 10.6 Å². The van der Waals surface area contributed by atoms with E-state index < -0.39 is 9.96 Å². The number of hydrogen-bond acceptors (Lipinski definition) is 2. The number of unbranched alkanes of at least 4 members (excludes halogenated alkanes) is 6. The van der Waals surface area contributed by atoms with Gasteiger partial charge in [-0.1, -0.05) is 96.2 Å². The van der Waals surface area contributed by atoms with Gasteiger partial charge in [-0.25, -0.2) is 0 Å². The van der Waals surface area contributed by atoms with Crippen LogP contribution in [0.4, 0.5) is 5.69 Å². The number of carbonyl (C=O) groups is 1. The van der Waals surface area contributed by atoms with Crippen LogP contribution in [0.2, 0.25) is 0 Å². The van der Waals surface area contributed by atoms with E-state index in [-0.39, 0.29) is 11.0 Å². The quantitative estimate of drug-likeness (QED) is 0.129. The molecule has 0 bridgehead atoms. The fraction of sp³-hybridized carbons (Fsp3) is 0.579. The molecule has 9 heteroatoms. The lowest BCUT2D eigenvalue weighted by molar-refractivity contribution is -0.122. The van der Waals surface area contributed by atoms with Crippen molar-refractivity contribution in [2.75, 3.05) is 5.32 Å². The molecule has 4 nitrogen and oxygen atoms in total. The third-order valence-corrected chi connectivity index (χ3v) is 5.42. The molecule has 0 saturated heterocycles. The first-order valence-corrected chi connectivity index (χ1v) is 11.7. The van der Waals surface area contributed by atoms with E-state index in [1.165, 1.54) is 25.7 Å². The second-order valence-electron chi connectivity index (χ2n) is 6.52. The molecule has 1 amide bonds. The first kappa shape index (κ1) is 25.8. The maximum absolute atomic E-state index is 12.2. The molecule has 0 radical (unpaired) electrons. The smallest absolute Gasteiger partial charge is 0.228 e. The van der Waals surface area contributed by atoms with Gasteiger partial charge in [-0.2, -0.15) is 0 Å². The van der Waals surface area contributed by atoms with Gasteiger partial charge in [0.1, 0.15) is 6.17 Å². The summed E-state index contributed by atoms with van der Waals surface area (Å²) in [4.78, 5) is 12.2. The zero-order valence-electron chi connectivity index (χ0n) is 15.9. The van der Waals surface area contributed by atoms with Crippen molar-refractivity contribution in [3.05, 3.63) is 28.7 Å². The van der Waals surface area contributed by atoms with E-state index in [1.54, 1.807) is 0 Å². The summed E-state index contributed by atoms with van der Waals surface area (Å²) in [5, 5.41) is 8.81. The Morgan fingerprint density at radius 1 is 1.04 bits per heavy atom. The third kappa shape index (κ3) is 11.7.